The minimum absolute atomic E-state index is 0.0648. The molecule has 1 fully saturated rings. The van der Waals surface area contributed by atoms with E-state index in [9.17, 15) is 0 Å². The van der Waals surface area contributed by atoms with Crippen molar-refractivity contribution in [2.24, 2.45) is 5.92 Å². The molecule has 1 heterocycles. The van der Waals surface area contributed by atoms with E-state index in [1.165, 1.54) is 0 Å². The zero-order valence-electron chi connectivity index (χ0n) is 6.96. The summed E-state index contributed by atoms with van der Waals surface area (Å²) in [6.07, 6.45) is 1.38. The molecule has 60 valence electrons. The molecule has 0 aliphatic carbocycles. The molecule has 0 aromatic rings. The van der Waals surface area contributed by atoms with Crippen LogP contribution in [0.2, 0.25) is 0 Å². The molecule has 0 spiro atoms. The van der Waals surface area contributed by atoms with Crippen molar-refractivity contribution in [2.75, 3.05) is 6.61 Å². The molecular weight excluding hydrogens is 128 g/mol. The van der Waals surface area contributed by atoms with Gasteiger partial charge in [0, 0.05) is 6.42 Å². The molecule has 0 bridgehead atoms. The lowest BCUT2D eigenvalue weighted by atomic mass is 10.1. The van der Waals surface area contributed by atoms with Gasteiger partial charge in [0.15, 0.2) is 6.29 Å². The lowest BCUT2D eigenvalue weighted by molar-refractivity contribution is -0.0661. The van der Waals surface area contributed by atoms with E-state index in [0.717, 1.165) is 13.0 Å². The van der Waals surface area contributed by atoms with Gasteiger partial charge in [0.05, 0.1) is 12.7 Å². The van der Waals surface area contributed by atoms with Gasteiger partial charge in [-0.05, 0) is 12.8 Å². The molecule has 1 rings (SSSR count). The van der Waals surface area contributed by atoms with Crippen LogP contribution in [-0.2, 0) is 9.47 Å². The van der Waals surface area contributed by atoms with Crippen LogP contribution in [0.15, 0.2) is 0 Å². The van der Waals surface area contributed by atoms with Crippen molar-refractivity contribution in [1.82, 2.24) is 0 Å². The van der Waals surface area contributed by atoms with Crippen molar-refractivity contribution in [3.05, 3.63) is 0 Å². The quantitative estimate of drug-likeness (QED) is 0.588. The van der Waals surface area contributed by atoms with Gasteiger partial charge in [-0.25, -0.2) is 0 Å². The standard InChI is InChI=1S/C8H16O2/c1-6(2)4-8-9-5-7(3)10-8/h6-8H,4-5H2,1-3H3/t7-,8-/m0/s1. The predicted molar refractivity (Wildman–Crippen MR) is 39.7 cm³/mol. The molecule has 0 aromatic carbocycles. The number of rotatable bonds is 2. The van der Waals surface area contributed by atoms with E-state index < -0.39 is 0 Å². The van der Waals surface area contributed by atoms with Gasteiger partial charge < -0.3 is 9.47 Å². The van der Waals surface area contributed by atoms with Crippen molar-refractivity contribution in [3.8, 4) is 0 Å². The summed E-state index contributed by atoms with van der Waals surface area (Å²) in [6.45, 7) is 7.16. The third-order valence-electron chi connectivity index (χ3n) is 1.56. The van der Waals surface area contributed by atoms with E-state index >= 15 is 0 Å². The van der Waals surface area contributed by atoms with E-state index in [4.69, 9.17) is 9.47 Å². The molecule has 2 nitrogen and oxygen atoms in total. The van der Waals surface area contributed by atoms with Crippen molar-refractivity contribution in [3.63, 3.8) is 0 Å². The summed E-state index contributed by atoms with van der Waals surface area (Å²) in [5.41, 5.74) is 0. The maximum Gasteiger partial charge on any atom is 0.158 e. The lowest BCUT2D eigenvalue weighted by Gasteiger charge is -2.11. The van der Waals surface area contributed by atoms with Gasteiger partial charge in [-0.3, -0.25) is 0 Å². The van der Waals surface area contributed by atoms with Crippen molar-refractivity contribution in [2.45, 2.75) is 39.6 Å². The second-order valence-corrected chi connectivity index (χ2v) is 3.34. The first kappa shape index (κ1) is 8.02. The Bertz CT molecular complexity index is 101. The van der Waals surface area contributed by atoms with Crippen LogP contribution in [0.5, 0.6) is 0 Å². The third-order valence-corrected chi connectivity index (χ3v) is 1.56. The van der Waals surface area contributed by atoms with E-state index in [0.29, 0.717) is 12.0 Å². The Morgan fingerprint density at radius 1 is 1.50 bits per heavy atom. The summed E-state index contributed by atoms with van der Waals surface area (Å²) in [5.74, 6) is 0.662. The molecule has 0 unspecified atom stereocenters. The Hall–Kier alpha value is -0.0800. The van der Waals surface area contributed by atoms with Crippen LogP contribution in [-0.4, -0.2) is 19.0 Å². The highest BCUT2D eigenvalue weighted by molar-refractivity contribution is 4.61. The van der Waals surface area contributed by atoms with Crippen LogP contribution in [0, 0.1) is 5.92 Å². The molecule has 0 radical (unpaired) electrons. The average molecular weight is 144 g/mol. The van der Waals surface area contributed by atoms with Gasteiger partial charge in [0.25, 0.3) is 0 Å². The number of ether oxygens (including phenoxy) is 2. The second kappa shape index (κ2) is 3.35. The highest BCUT2D eigenvalue weighted by atomic mass is 16.7. The predicted octanol–water partition coefficient (Wildman–Crippen LogP) is 1.79. The summed E-state index contributed by atoms with van der Waals surface area (Å²) in [4.78, 5) is 0. The fraction of sp³-hybridized carbons (Fsp3) is 1.00. The Morgan fingerprint density at radius 3 is 2.60 bits per heavy atom. The van der Waals surface area contributed by atoms with E-state index in [-0.39, 0.29) is 6.29 Å². The zero-order valence-corrected chi connectivity index (χ0v) is 6.96. The van der Waals surface area contributed by atoms with Gasteiger partial charge in [-0.2, -0.15) is 0 Å². The summed E-state index contributed by atoms with van der Waals surface area (Å²) in [6, 6.07) is 0. The SMILES string of the molecule is CC(C)C[C@H]1OC[C@H](C)O1. The van der Waals surface area contributed by atoms with Crippen LogP contribution in [0.4, 0.5) is 0 Å². The molecule has 1 aliphatic heterocycles. The summed E-state index contributed by atoms with van der Waals surface area (Å²) >= 11 is 0. The molecular formula is C8H16O2. The third kappa shape index (κ3) is 2.27. The molecule has 0 N–H and O–H groups in total. The average Bonchev–Trinajstić information content (AvgIpc) is 2.13. The van der Waals surface area contributed by atoms with Crippen LogP contribution in [0.1, 0.15) is 27.2 Å². The molecule has 1 saturated heterocycles. The highest BCUT2D eigenvalue weighted by Crippen LogP contribution is 2.17. The largest absolute Gasteiger partial charge is 0.350 e. The van der Waals surface area contributed by atoms with Gasteiger partial charge in [-0.1, -0.05) is 13.8 Å². The van der Waals surface area contributed by atoms with Crippen LogP contribution in [0.3, 0.4) is 0 Å². The molecule has 0 amide bonds. The van der Waals surface area contributed by atoms with Crippen LogP contribution >= 0.6 is 0 Å². The van der Waals surface area contributed by atoms with Crippen molar-refractivity contribution in [1.29, 1.82) is 0 Å². The van der Waals surface area contributed by atoms with Crippen molar-refractivity contribution < 1.29 is 9.47 Å². The zero-order chi connectivity index (χ0) is 7.56. The van der Waals surface area contributed by atoms with E-state index in [2.05, 4.69) is 13.8 Å². The second-order valence-electron chi connectivity index (χ2n) is 3.34. The van der Waals surface area contributed by atoms with Crippen LogP contribution in [0.25, 0.3) is 0 Å². The first-order chi connectivity index (χ1) is 4.68. The molecule has 2 heteroatoms. The molecule has 0 aromatic heterocycles. The molecule has 0 saturated carbocycles. The Morgan fingerprint density at radius 2 is 2.20 bits per heavy atom. The smallest absolute Gasteiger partial charge is 0.158 e. The normalized spacial score (nSPS) is 33.6. The van der Waals surface area contributed by atoms with Gasteiger partial charge >= 0.3 is 0 Å². The van der Waals surface area contributed by atoms with Crippen molar-refractivity contribution >= 4 is 0 Å². The molecule has 10 heavy (non-hydrogen) atoms. The number of hydrogen-bond donors (Lipinski definition) is 0. The van der Waals surface area contributed by atoms with E-state index in [1.54, 1.807) is 0 Å². The Labute approximate surface area is 62.5 Å². The topological polar surface area (TPSA) is 18.5 Å². The first-order valence-corrected chi connectivity index (χ1v) is 3.95. The fourth-order valence-corrected chi connectivity index (χ4v) is 1.09. The van der Waals surface area contributed by atoms with E-state index in [1.807, 2.05) is 6.92 Å². The molecule has 1 aliphatic rings. The Kier molecular flexibility index (Phi) is 2.69. The minimum atomic E-state index is 0.0648. The highest BCUT2D eigenvalue weighted by Gasteiger charge is 2.22. The van der Waals surface area contributed by atoms with Gasteiger partial charge in [0.1, 0.15) is 0 Å². The maximum atomic E-state index is 5.45. The Balaban J connectivity index is 2.18. The monoisotopic (exact) mass is 144 g/mol. The number of hydrogen-bond acceptors (Lipinski definition) is 2. The first-order valence-electron chi connectivity index (χ1n) is 3.95. The maximum absolute atomic E-state index is 5.45. The lowest BCUT2D eigenvalue weighted by Crippen LogP contribution is -2.11. The summed E-state index contributed by atoms with van der Waals surface area (Å²) < 4.78 is 10.8. The van der Waals surface area contributed by atoms with Gasteiger partial charge in [0.2, 0.25) is 0 Å². The fourth-order valence-electron chi connectivity index (χ4n) is 1.09. The molecule has 2 atom stereocenters. The summed E-state index contributed by atoms with van der Waals surface area (Å²) in [5, 5.41) is 0. The summed E-state index contributed by atoms with van der Waals surface area (Å²) in [7, 11) is 0. The minimum Gasteiger partial charge on any atom is -0.350 e. The van der Waals surface area contributed by atoms with Crippen LogP contribution < -0.4 is 0 Å². The van der Waals surface area contributed by atoms with Gasteiger partial charge in [-0.15, -0.1) is 0 Å².